The first-order chi connectivity index (χ1) is 8.01. The highest BCUT2D eigenvalue weighted by Crippen LogP contribution is 2.20. The van der Waals surface area contributed by atoms with Crippen molar-refractivity contribution in [2.24, 2.45) is 7.05 Å². The van der Waals surface area contributed by atoms with Crippen molar-refractivity contribution in [1.29, 1.82) is 0 Å². The number of carbonyl (C=O) groups excluding carboxylic acids is 1. The SMILES string of the molecule is Cc1cc(NC(=O)C2(C)CCCCN2)nn1C. The van der Waals surface area contributed by atoms with Gasteiger partial charge in [0.05, 0.1) is 5.54 Å². The van der Waals surface area contributed by atoms with Crippen molar-refractivity contribution in [3.8, 4) is 0 Å². The summed E-state index contributed by atoms with van der Waals surface area (Å²) in [5, 5.41) is 10.4. The molecule has 1 unspecified atom stereocenters. The van der Waals surface area contributed by atoms with Gasteiger partial charge in [-0.1, -0.05) is 0 Å². The predicted octanol–water partition coefficient (Wildman–Crippen LogP) is 1.20. The average molecular weight is 236 g/mol. The molecular formula is C12H20N4O. The molecule has 1 saturated heterocycles. The van der Waals surface area contributed by atoms with Crippen molar-refractivity contribution in [3.63, 3.8) is 0 Å². The van der Waals surface area contributed by atoms with Gasteiger partial charge in [0.1, 0.15) is 0 Å². The molecule has 1 amide bonds. The van der Waals surface area contributed by atoms with Crippen LogP contribution in [0.15, 0.2) is 6.07 Å². The number of rotatable bonds is 2. The fourth-order valence-electron chi connectivity index (χ4n) is 2.13. The summed E-state index contributed by atoms with van der Waals surface area (Å²) in [6.07, 6.45) is 3.12. The Morgan fingerprint density at radius 3 is 2.88 bits per heavy atom. The molecule has 1 aromatic rings. The molecule has 5 nitrogen and oxygen atoms in total. The third-order valence-electron chi connectivity index (χ3n) is 3.48. The lowest BCUT2D eigenvalue weighted by molar-refractivity contribution is -0.122. The number of anilines is 1. The minimum Gasteiger partial charge on any atom is -0.308 e. The van der Waals surface area contributed by atoms with E-state index in [-0.39, 0.29) is 5.91 Å². The van der Waals surface area contributed by atoms with Crippen molar-refractivity contribution in [2.45, 2.75) is 38.6 Å². The van der Waals surface area contributed by atoms with Crippen LogP contribution in [0.25, 0.3) is 0 Å². The Labute approximate surface area is 102 Å². The Kier molecular flexibility index (Phi) is 3.19. The molecule has 0 aliphatic carbocycles. The highest BCUT2D eigenvalue weighted by atomic mass is 16.2. The van der Waals surface area contributed by atoms with E-state index in [0.29, 0.717) is 5.82 Å². The number of carbonyl (C=O) groups is 1. The normalized spacial score (nSPS) is 24.6. The summed E-state index contributed by atoms with van der Waals surface area (Å²) in [6, 6.07) is 1.88. The van der Waals surface area contributed by atoms with Gasteiger partial charge in [-0.3, -0.25) is 9.48 Å². The van der Waals surface area contributed by atoms with E-state index in [1.54, 1.807) is 4.68 Å². The largest absolute Gasteiger partial charge is 0.308 e. The molecule has 0 radical (unpaired) electrons. The van der Waals surface area contributed by atoms with E-state index in [1.165, 1.54) is 0 Å². The van der Waals surface area contributed by atoms with Crippen LogP contribution in [0.5, 0.6) is 0 Å². The smallest absolute Gasteiger partial charge is 0.245 e. The van der Waals surface area contributed by atoms with Gasteiger partial charge in [0.25, 0.3) is 0 Å². The first kappa shape index (κ1) is 12.1. The zero-order valence-electron chi connectivity index (χ0n) is 10.7. The Morgan fingerprint density at radius 2 is 2.35 bits per heavy atom. The van der Waals surface area contributed by atoms with E-state index in [4.69, 9.17) is 0 Å². The predicted molar refractivity (Wildman–Crippen MR) is 66.8 cm³/mol. The number of aryl methyl sites for hydroxylation is 2. The Bertz CT molecular complexity index is 399. The molecule has 2 rings (SSSR count). The van der Waals surface area contributed by atoms with E-state index in [1.807, 2.05) is 27.0 Å². The van der Waals surface area contributed by atoms with Gasteiger partial charge in [-0.2, -0.15) is 5.10 Å². The third-order valence-corrected chi connectivity index (χ3v) is 3.48. The molecule has 1 aromatic heterocycles. The minimum atomic E-state index is -0.455. The van der Waals surface area contributed by atoms with E-state index in [9.17, 15) is 4.79 Å². The summed E-state index contributed by atoms with van der Waals surface area (Å²) in [7, 11) is 1.87. The number of nitrogens with zero attached hydrogens (tertiary/aromatic N) is 2. The number of hydrogen-bond acceptors (Lipinski definition) is 3. The first-order valence-corrected chi connectivity index (χ1v) is 6.08. The van der Waals surface area contributed by atoms with E-state index in [0.717, 1.165) is 31.5 Å². The van der Waals surface area contributed by atoms with Crippen LogP contribution < -0.4 is 10.6 Å². The highest BCUT2D eigenvalue weighted by Gasteiger charge is 2.34. The molecule has 94 valence electrons. The summed E-state index contributed by atoms with van der Waals surface area (Å²) in [4.78, 5) is 12.2. The summed E-state index contributed by atoms with van der Waals surface area (Å²) in [5.74, 6) is 0.638. The molecule has 0 spiro atoms. The number of nitrogens with one attached hydrogen (secondary N) is 2. The van der Waals surface area contributed by atoms with Crippen LogP contribution in [0.4, 0.5) is 5.82 Å². The second-order valence-electron chi connectivity index (χ2n) is 4.96. The lowest BCUT2D eigenvalue weighted by Crippen LogP contribution is -2.54. The first-order valence-electron chi connectivity index (χ1n) is 6.08. The summed E-state index contributed by atoms with van der Waals surface area (Å²) >= 11 is 0. The monoisotopic (exact) mass is 236 g/mol. The molecule has 1 aliphatic rings. The van der Waals surface area contributed by atoms with Gasteiger partial charge in [-0.15, -0.1) is 0 Å². The second kappa shape index (κ2) is 4.49. The van der Waals surface area contributed by atoms with Crippen LogP contribution in [0.1, 0.15) is 31.9 Å². The zero-order chi connectivity index (χ0) is 12.5. The van der Waals surface area contributed by atoms with Gasteiger partial charge in [-0.25, -0.2) is 0 Å². The number of aromatic nitrogens is 2. The molecule has 0 aromatic carbocycles. The number of piperidine rings is 1. The van der Waals surface area contributed by atoms with E-state index < -0.39 is 5.54 Å². The van der Waals surface area contributed by atoms with Gasteiger partial charge in [-0.05, 0) is 39.7 Å². The van der Waals surface area contributed by atoms with Crippen LogP contribution >= 0.6 is 0 Å². The standard InChI is InChI=1S/C12H20N4O/c1-9-8-10(15-16(9)3)14-11(17)12(2)6-4-5-7-13-12/h8,13H,4-7H2,1-3H3,(H,14,15,17). The third kappa shape index (κ3) is 2.49. The Balaban J connectivity index is 2.05. The number of amides is 1. The maximum Gasteiger partial charge on any atom is 0.245 e. The topological polar surface area (TPSA) is 59.0 Å². The van der Waals surface area contributed by atoms with Crippen LogP contribution in [-0.2, 0) is 11.8 Å². The van der Waals surface area contributed by atoms with Crippen molar-refractivity contribution in [2.75, 3.05) is 11.9 Å². The quantitative estimate of drug-likeness (QED) is 0.811. The van der Waals surface area contributed by atoms with E-state index in [2.05, 4.69) is 15.7 Å². The van der Waals surface area contributed by atoms with Crippen LogP contribution in [-0.4, -0.2) is 27.8 Å². The molecule has 1 atom stereocenters. The fourth-order valence-corrected chi connectivity index (χ4v) is 2.13. The van der Waals surface area contributed by atoms with Gasteiger partial charge in [0, 0.05) is 18.8 Å². The van der Waals surface area contributed by atoms with Crippen LogP contribution in [0.3, 0.4) is 0 Å². The molecule has 17 heavy (non-hydrogen) atoms. The molecule has 5 heteroatoms. The highest BCUT2D eigenvalue weighted by molar-refractivity contribution is 5.97. The molecule has 1 fully saturated rings. The van der Waals surface area contributed by atoms with Gasteiger partial charge >= 0.3 is 0 Å². The lowest BCUT2D eigenvalue weighted by atomic mass is 9.90. The summed E-state index contributed by atoms with van der Waals surface area (Å²) < 4.78 is 1.76. The second-order valence-corrected chi connectivity index (χ2v) is 4.96. The van der Waals surface area contributed by atoms with E-state index >= 15 is 0 Å². The zero-order valence-corrected chi connectivity index (χ0v) is 10.7. The van der Waals surface area contributed by atoms with Crippen molar-refractivity contribution in [3.05, 3.63) is 11.8 Å². The summed E-state index contributed by atoms with van der Waals surface area (Å²) in [5.41, 5.74) is 0.575. The Hall–Kier alpha value is -1.36. The van der Waals surface area contributed by atoms with Crippen LogP contribution in [0, 0.1) is 6.92 Å². The molecular weight excluding hydrogens is 216 g/mol. The van der Waals surface area contributed by atoms with Crippen molar-refractivity contribution >= 4 is 11.7 Å². The average Bonchev–Trinajstić information content (AvgIpc) is 2.59. The van der Waals surface area contributed by atoms with Gasteiger partial charge in [0.2, 0.25) is 5.91 Å². The molecule has 1 aliphatic heterocycles. The minimum absolute atomic E-state index is 0.00954. The molecule has 0 bridgehead atoms. The maximum atomic E-state index is 12.2. The maximum absolute atomic E-state index is 12.2. The van der Waals surface area contributed by atoms with Crippen molar-refractivity contribution < 1.29 is 4.79 Å². The van der Waals surface area contributed by atoms with Crippen LogP contribution in [0.2, 0.25) is 0 Å². The van der Waals surface area contributed by atoms with Crippen molar-refractivity contribution in [1.82, 2.24) is 15.1 Å². The molecule has 2 N–H and O–H groups in total. The van der Waals surface area contributed by atoms with Gasteiger partial charge < -0.3 is 10.6 Å². The number of hydrogen-bond donors (Lipinski definition) is 2. The Morgan fingerprint density at radius 1 is 1.59 bits per heavy atom. The molecule has 2 heterocycles. The fraction of sp³-hybridized carbons (Fsp3) is 0.667. The summed E-state index contributed by atoms with van der Waals surface area (Å²) in [6.45, 7) is 4.83. The van der Waals surface area contributed by atoms with Gasteiger partial charge in [0.15, 0.2) is 5.82 Å². The molecule has 0 saturated carbocycles. The lowest BCUT2D eigenvalue weighted by Gasteiger charge is -2.33.